The van der Waals surface area contributed by atoms with Crippen LogP contribution in [-0.2, 0) is 21.4 Å². The predicted molar refractivity (Wildman–Crippen MR) is 116 cm³/mol. The standard InChI is InChI=1S/C22H22N4O3S/c23-22(24)18-7-5-16(6-8-18)14-25-11-12-26(15-21(25)27)30(28,29)20-10-9-17-3-1-2-4-19(17)13-20/h1-10,13H,11-12,14-15H2,(H3,23,24). The molecule has 1 saturated heterocycles. The molecule has 1 heterocycles. The number of benzene rings is 3. The number of nitrogen functional groups attached to an aromatic ring is 1. The van der Waals surface area contributed by atoms with Gasteiger partial charge in [-0.25, -0.2) is 8.42 Å². The zero-order chi connectivity index (χ0) is 21.3. The Balaban J connectivity index is 1.47. The number of carbonyl (C=O) groups excluding carboxylic acids is 1. The first kappa shape index (κ1) is 20.1. The number of sulfonamides is 1. The average Bonchev–Trinajstić information content (AvgIpc) is 2.75. The predicted octanol–water partition coefficient (Wildman–Crippen LogP) is 2.16. The van der Waals surface area contributed by atoms with Crippen LogP contribution in [0.3, 0.4) is 0 Å². The fourth-order valence-corrected chi connectivity index (χ4v) is 4.96. The topological polar surface area (TPSA) is 108 Å². The van der Waals surface area contributed by atoms with Crippen LogP contribution in [0.15, 0.2) is 71.6 Å². The minimum Gasteiger partial charge on any atom is -0.384 e. The maximum absolute atomic E-state index is 13.1. The van der Waals surface area contributed by atoms with Crippen LogP contribution in [0.5, 0.6) is 0 Å². The van der Waals surface area contributed by atoms with Gasteiger partial charge in [0.25, 0.3) is 0 Å². The number of amides is 1. The van der Waals surface area contributed by atoms with E-state index in [0.29, 0.717) is 18.7 Å². The van der Waals surface area contributed by atoms with Crippen LogP contribution in [0.4, 0.5) is 0 Å². The van der Waals surface area contributed by atoms with Crippen molar-refractivity contribution < 1.29 is 13.2 Å². The van der Waals surface area contributed by atoms with Crippen LogP contribution < -0.4 is 5.73 Å². The Morgan fingerprint density at radius 2 is 1.67 bits per heavy atom. The molecule has 30 heavy (non-hydrogen) atoms. The smallest absolute Gasteiger partial charge is 0.243 e. The van der Waals surface area contributed by atoms with E-state index in [1.54, 1.807) is 35.2 Å². The van der Waals surface area contributed by atoms with Gasteiger partial charge >= 0.3 is 0 Å². The van der Waals surface area contributed by atoms with Gasteiger partial charge in [-0.2, -0.15) is 4.31 Å². The summed E-state index contributed by atoms with van der Waals surface area (Å²) in [5, 5.41) is 9.25. The molecule has 1 amide bonds. The highest BCUT2D eigenvalue weighted by Gasteiger charge is 2.32. The Hall–Kier alpha value is -3.23. The van der Waals surface area contributed by atoms with Gasteiger partial charge in [0.2, 0.25) is 15.9 Å². The van der Waals surface area contributed by atoms with Crippen molar-refractivity contribution in [2.75, 3.05) is 19.6 Å². The summed E-state index contributed by atoms with van der Waals surface area (Å²) < 4.78 is 27.4. The Labute approximate surface area is 175 Å². The van der Waals surface area contributed by atoms with E-state index in [1.807, 2.05) is 36.4 Å². The van der Waals surface area contributed by atoms with E-state index in [1.165, 1.54) is 4.31 Å². The SMILES string of the molecule is N=C(N)c1ccc(CN2CCN(S(=O)(=O)c3ccc4ccccc4c3)CC2=O)cc1. The molecule has 0 spiro atoms. The monoisotopic (exact) mass is 422 g/mol. The van der Waals surface area contributed by atoms with Crippen LogP contribution in [0.1, 0.15) is 11.1 Å². The van der Waals surface area contributed by atoms with E-state index in [-0.39, 0.29) is 29.7 Å². The fraction of sp³-hybridized carbons (Fsp3) is 0.182. The lowest BCUT2D eigenvalue weighted by atomic mass is 10.1. The summed E-state index contributed by atoms with van der Waals surface area (Å²) in [6.07, 6.45) is 0. The zero-order valence-corrected chi connectivity index (χ0v) is 17.1. The lowest BCUT2D eigenvalue weighted by Crippen LogP contribution is -2.51. The molecule has 0 radical (unpaired) electrons. The maximum atomic E-state index is 13.1. The zero-order valence-electron chi connectivity index (χ0n) is 16.3. The van der Waals surface area contributed by atoms with E-state index in [0.717, 1.165) is 16.3 Å². The molecular formula is C22H22N4O3S. The number of amidine groups is 1. The molecule has 3 aromatic carbocycles. The number of carbonyl (C=O) groups is 1. The van der Waals surface area contributed by atoms with Gasteiger partial charge in [0.05, 0.1) is 11.4 Å². The third kappa shape index (κ3) is 3.92. The van der Waals surface area contributed by atoms with Crippen molar-refractivity contribution in [2.24, 2.45) is 5.73 Å². The second-order valence-corrected chi connectivity index (χ2v) is 9.21. The molecule has 3 aromatic rings. The number of hydrogen-bond acceptors (Lipinski definition) is 4. The second kappa shape index (κ2) is 7.89. The van der Waals surface area contributed by atoms with Gasteiger partial charge in [0.1, 0.15) is 5.84 Å². The molecule has 0 aliphatic carbocycles. The van der Waals surface area contributed by atoms with Crippen LogP contribution >= 0.6 is 0 Å². The number of fused-ring (bicyclic) bond motifs is 1. The van der Waals surface area contributed by atoms with Crippen molar-refractivity contribution in [3.63, 3.8) is 0 Å². The lowest BCUT2D eigenvalue weighted by molar-refractivity contribution is -0.134. The highest BCUT2D eigenvalue weighted by molar-refractivity contribution is 7.89. The van der Waals surface area contributed by atoms with Crippen LogP contribution in [0.2, 0.25) is 0 Å². The highest BCUT2D eigenvalue weighted by atomic mass is 32.2. The largest absolute Gasteiger partial charge is 0.384 e. The highest BCUT2D eigenvalue weighted by Crippen LogP contribution is 2.23. The van der Waals surface area contributed by atoms with Gasteiger partial charge in [-0.1, -0.05) is 54.6 Å². The summed E-state index contributed by atoms with van der Waals surface area (Å²) in [5.74, 6) is -0.244. The van der Waals surface area contributed by atoms with Crippen molar-refractivity contribution in [3.8, 4) is 0 Å². The summed E-state index contributed by atoms with van der Waals surface area (Å²) in [6, 6.07) is 19.7. The second-order valence-electron chi connectivity index (χ2n) is 7.27. The third-order valence-electron chi connectivity index (χ3n) is 5.28. The molecule has 0 aromatic heterocycles. The number of rotatable bonds is 5. The van der Waals surface area contributed by atoms with Crippen LogP contribution in [0.25, 0.3) is 10.8 Å². The summed E-state index contributed by atoms with van der Waals surface area (Å²) in [7, 11) is -3.75. The van der Waals surface area contributed by atoms with Crippen molar-refractivity contribution in [1.82, 2.24) is 9.21 Å². The van der Waals surface area contributed by atoms with Crippen molar-refractivity contribution in [1.29, 1.82) is 5.41 Å². The summed E-state index contributed by atoms with van der Waals surface area (Å²) in [6.45, 7) is 0.772. The number of nitrogens with two attached hydrogens (primary N) is 1. The molecule has 4 rings (SSSR count). The van der Waals surface area contributed by atoms with E-state index in [2.05, 4.69) is 0 Å². The van der Waals surface area contributed by atoms with Gasteiger partial charge < -0.3 is 10.6 Å². The van der Waals surface area contributed by atoms with Gasteiger partial charge in [-0.3, -0.25) is 10.2 Å². The summed E-state index contributed by atoms with van der Waals surface area (Å²) in [5.41, 5.74) is 6.98. The number of nitrogens with one attached hydrogen (secondary N) is 1. The van der Waals surface area contributed by atoms with Crippen LogP contribution in [0, 0.1) is 5.41 Å². The van der Waals surface area contributed by atoms with E-state index in [9.17, 15) is 13.2 Å². The first-order valence-electron chi connectivity index (χ1n) is 9.55. The molecule has 0 atom stereocenters. The minimum absolute atomic E-state index is 0.00913. The minimum atomic E-state index is -3.75. The van der Waals surface area contributed by atoms with Crippen LogP contribution in [-0.4, -0.2) is 49.0 Å². The van der Waals surface area contributed by atoms with E-state index >= 15 is 0 Å². The Bertz CT molecular complexity index is 1220. The molecule has 8 heteroatoms. The molecule has 0 bridgehead atoms. The Morgan fingerprint density at radius 3 is 2.33 bits per heavy atom. The van der Waals surface area contributed by atoms with Gasteiger partial charge in [0.15, 0.2) is 0 Å². The van der Waals surface area contributed by atoms with E-state index < -0.39 is 10.0 Å². The molecule has 3 N–H and O–H groups in total. The Kier molecular flexibility index (Phi) is 5.27. The Morgan fingerprint density at radius 1 is 0.967 bits per heavy atom. The molecule has 154 valence electrons. The van der Waals surface area contributed by atoms with Gasteiger partial charge in [-0.05, 0) is 28.5 Å². The normalized spacial score (nSPS) is 15.5. The molecule has 0 saturated carbocycles. The maximum Gasteiger partial charge on any atom is 0.243 e. The third-order valence-corrected chi connectivity index (χ3v) is 7.12. The molecule has 1 fully saturated rings. The molecule has 1 aliphatic heterocycles. The average molecular weight is 423 g/mol. The van der Waals surface area contributed by atoms with Crippen molar-refractivity contribution in [3.05, 3.63) is 77.9 Å². The van der Waals surface area contributed by atoms with Gasteiger partial charge in [0, 0.05) is 25.2 Å². The quantitative estimate of drug-likeness (QED) is 0.485. The molecule has 7 nitrogen and oxygen atoms in total. The molecule has 0 unspecified atom stereocenters. The summed E-state index contributed by atoms with van der Waals surface area (Å²) in [4.78, 5) is 14.5. The number of hydrogen-bond donors (Lipinski definition) is 2. The number of nitrogens with zero attached hydrogens (tertiary/aromatic N) is 2. The van der Waals surface area contributed by atoms with E-state index in [4.69, 9.17) is 11.1 Å². The van der Waals surface area contributed by atoms with Gasteiger partial charge in [-0.15, -0.1) is 0 Å². The lowest BCUT2D eigenvalue weighted by Gasteiger charge is -2.33. The first-order valence-corrected chi connectivity index (χ1v) is 11.0. The first-order chi connectivity index (χ1) is 14.3. The van der Waals surface area contributed by atoms with Crippen molar-refractivity contribution >= 4 is 32.5 Å². The molecule has 1 aliphatic rings. The molecular weight excluding hydrogens is 400 g/mol. The van der Waals surface area contributed by atoms with Crippen molar-refractivity contribution in [2.45, 2.75) is 11.4 Å². The fourth-order valence-electron chi connectivity index (χ4n) is 3.55. The number of piperazine rings is 1. The summed E-state index contributed by atoms with van der Waals surface area (Å²) >= 11 is 0.